The number of nitrogens with two attached hydrogens (primary N) is 1. The van der Waals surface area contributed by atoms with Crippen LogP contribution in [0.5, 0.6) is 0 Å². The first-order valence-corrected chi connectivity index (χ1v) is 6.72. The molecule has 2 rings (SSSR count). The first-order valence-electron chi connectivity index (χ1n) is 5.84. The number of aromatic nitrogens is 5. The molecule has 0 spiro atoms. The third-order valence-corrected chi connectivity index (χ3v) is 3.44. The second kappa shape index (κ2) is 6.23. The van der Waals surface area contributed by atoms with E-state index >= 15 is 0 Å². The average molecular weight is 281 g/mol. The van der Waals surface area contributed by atoms with Crippen molar-refractivity contribution in [3.8, 4) is 0 Å². The van der Waals surface area contributed by atoms with Gasteiger partial charge in [-0.2, -0.15) is 0 Å². The number of carbonyl (C=O) groups is 1. The smallest absolute Gasteiger partial charge is 0.241 e. The van der Waals surface area contributed by atoms with Crippen molar-refractivity contribution in [3.63, 3.8) is 0 Å². The van der Waals surface area contributed by atoms with Crippen molar-refractivity contribution in [1.29, 1.82) is 0 Å². The van der Waals surface area contributed by atoms with Crippen molar-refractivity contribution in [2.24, 2.45) is 0 Å². The molecular weight excluding hydrogens is 266 g/mol. The predicted molar refractivity (Wildman–Crippen MR) is 70.4 cm³/mol. The molecule has 19 heavy (non-hydrogen) atoms. The normalized spacial score (nSPS) is 10.6. The van der Waals surface area contributed by atoms with E-state index < -0.39 is 0 Å². The lowest BCUT2D eigenvalue weighted by Gasteiger charge is -2.04. The van der Waals surface area contributed by atoms with Crippen molar-refractivity contribution in [2.75, 3.05) is 12.3 Å². The summed E-state index contributed by atoms with van der Waals surface area (Å²) in [4.78, 5) is 15.9. The first-order chi connectivity index (χ1) is 9.15. The summed E-state index contributed by atoms with van der Waals surface area (Å²) in [5.74, 6) is -0.0252. The van der Waals surface area contributed by atoms with E-state index in [0.717, 1.165) is 23.5 Å². The molecular formula is C10H15N7OS. The van der Waals surface area contributed by atoms with Crippen LogP contribution in [0.1, 0.15) is 17.1 Å². The van der Waals surface area contributed by atoms with Crippen molar-refractivity contribution in [1.82, 2.24) is 30.5 Å². The third-order valence-electron chi connectivity index (χ3n) is 2.41. The number of thiazole rings is 1. The Balaban J connectivity index is 1.66. The van der Waals surface area contributed by atoms with Crippen molar-refractivity contribution < 1.29 is 4.79 Å². The summed E-state index contributed by atoms with van der Waals surface area (Å²) >= 11 is 1.64. The summed E-state index contributed by atoms with van der Waals surface area (Å²) in [7, 11) is 0. The van der Waals surface area contributed by atoms with Crippen LogP contribution in [0, 0.1) is 6.92 Å². The zero-order valence-corrected chi connectivity index (χ0v) is 11.4. The molecule has 102 valence electrons. The van der Waals surface area contributed by atoms with Gasteiger partial charge in [-0.25, -0.2) is 9.67 Å². The number of hydrogen-bond donors (Lipinski definition) is 2. The molecule has 0 bridgehead atoms. The molecule has 2 aromatic heterocycles. The van der Waals surface area contributed by atoms with E-state index in [-0.39, 0.29) is 18.4 Å². The summed E-state index contributed by atoms with van der Waals surface area (Å²) in [6.07, 6.45) is 1.72. The topological polar surface area (TPSA) is 112 Å². The van der Waals surface area contributed by atoms with Gasteiger partial charge in [-0.1, -0.05) is 5.10 Å². The summed E-state index contributed by atoms with van der Waals surface area (Å²) in [6.45, 7) is 2.60. The quantitative estimate of drug-likeness (QED) is 0.707. The molecule has 0 saturated carbocycles. The van der Waals surface area contributed by atoms with E-state index in [1.165, 1.54) is 4.68 Å². The Morgan fingerprint density at radius 3 is 3.05 bits per heavy atom. The molecule has 8 nitrogen and oxygen atoms in total. The Morgan fingerprint density at radius 2 is 2.42 bits per heavy atom. The Bertz CT molecular complexity index is 550. The minimum absolute atomic E-state index is 0.0369. The number of nitrogens with zero attached hydrogens (tertiary/aromatic N) is 5. The van der Waals surface area contributed by atoms with Crippen molar-refractivity contribution in [2.45, 2.75) is 26.3 Å². The maximum absolute atomic E-state index is 11.6. The van der Waals surface area contributed by atoms with Gasteiger partial charge in [0.25, 0.3) is 0 Å². The summed E-state index contributed by atoms with van der Waals surface area (Å²) in [5, 5.41) is 16.4. The van der Waals surface area contributed by atoms with Crippen LogP contribution in [0.2, 0.25) is 0 Å². The van der Waals surface area contributed by atoms with Gasteiger partial charge in [0.1, 0.15) is 6.54 Å². The Kier molecular flexibility index (Phi) is 4.39. The molecule has 0 aliphatic heterocycles. The molecule has 2 aromatic rings. The molecule has 0 fully saturated rings. The minimum Gasteiger partial charge on any atom is -0.367 e. The monoisotopic (exact) mass is 281 g/mol. The second-order valence-electron chi connectivity index (χ2n) is 4.03. The molecule has 0 atom stereocenters. The summed E-state index contributed by atoms with van der Waals surface area (Å²) < 4.78 is 1.25. The van der Waals surface area contributed by atoms with Gasteiger partial charge in [-0.15, -0.1) is 11.3 Å². The van der Waals surface area contributed by atoms with Crippen LogP contribution in [0.15, 0.2) is 5.38 Å². The average Bonchev–Trinajstić information content (AvgIpc) is 2.95. The number of nitrogens with one attached hydrogen (secondary N) is 1. The first kappa shape index (κ1) is 13.4. The fourth-order valence-corrected chi connectivity index (χ4v) is 2.32. The highest BCUT2D eigenvalue weighted by atomic mass is 32.1. The van der Waals surface area contributed by atoms with Crippen LogP contribution >= 0.6 is 11.3 Å². The van der Waals surface area contributed by atoms with Gasteiger partial charge in [0.05, 0.1) is 5.01 Å². The Labute approximate surface area is 114 Å². The minimum atomic E-state index is -0.158. The number of nitrogen functional groups attached to an aromatic ring is 1. The number of tetrazole rings is 1. The molecule has 2 heterocycles. The van der Waals surface area contributed by atoms with Gasteiger partial charge in [0, 0.05) is 24.0 Å². The lowest BCUT2D eigenvalue weighted by atomic mass is 10.3. The molecule has 0 aromatic carbocycles. The molecule has 0 saturated heterocycles. The van der Waals surface area contributed by atoms with Gasteiger partial charge in [-0.3, -0.25) is 4.79 Å². The molecule has 0 aliphatic rings. The van der Waals surface area contributed by atoms with Crippen LogP contribution < -0.4 is 11.1 Å². The van der Waals surface area contributed by atoms with Crippen molar-refractivity contribution in [3.05, 3.63) is 16.1 Å². The fourth-order valence-electron chi connectivity index (χ4n) is 1.50. The maximum Gasteiger partial charge on any atom is 0.241 e. The van der Waals surface area contributed by atoms with Crippen LogP contribution in [-0.4, -0.2) is 37.6 Å². The molecule has 0 unspecified atom stereocenters. The zero-order chi connectivity index (χ0) is 13.7. The number of hydrogen-bond acceptors (Lipinski definition) is 7. The van der Waals surface area contributed by atoms with E-state index in [2.05, 4.69) is 25.8 Å². The van der Waals surface area contributed by atoms with E-state index in [1.54, 1.807) is 11.3 Å². The third kappa shape index (κ3) is 3.98. The molecule has 0 aliphatic carbocycles. The lowest BCUT2D eigenvalue weighted by Crippen LogP contribution is -2.29. The highest BCUT2D eigenvalue weighted by Crippen LogP contribution is 2.10. The highest BCUT2D eigenvalue weighted by molar-refractivity contribution is 7.09. The van der Waals surface area contributed by atoms with E-state index in [1.807, 2.05) is 12.3 Å². The van der Waals surface area contributed by atoms with Gasteiger partial charge in [0.2, 0.25) is 11.9 Å². The van der Waals surface area contributed by atoms with Gasteiger partial charge >= 0.3 is 0 Å². The van der Waals surface area contributed by atoms with Gasteiger partial charge in [0.15, 0.2) is 0 Å². The largest absolute Gasteiger partial charge is 0.367 e. The number of rotatable bonds is 6. The molecule has 9 heteroatoms. The van der Waals surface area contributed by atoms with E-state index in [9.17, 15) is 4.79 Å². The number of aryl methyl sites for hydroxylation is 2. The van der Waals surface area contributed by atoms with Crippen LogP contribution in [-0.2, 0) is 17.8 Å². The lowest BCUT2D eigenvalue weighted by molar-refractivity contribution is -0.121. The SMILES string of the molecule is Cc1csc(CCCNC(=O)Cn2nnnc2N)n1. The van der Waals surface area contributed by atoms with Gasteiger partial charge in [-0.05, 0) is 23.8 Å². The zero-order valence-electron chi connectivity index (χ0n) is 10.5. The maximum atomic E-state index is 11.6. The highest BCUT2D eigenvalue weighted by Gasteiger charge is 2.07. The number of amides is 1. The standard InChI is InChI=1S/C10H15N7OS/c1-7-6-19-9(13-7)3-2-4-12-8(18)5-17-10(11)14-15-16-17/h6H,2-5H2,1H3,(H,12,18)(H2,11,14,16). The number of anilines is 1. The molecule has 1 amide bonds. The Morgan fingerprint density at radius 1 is 1.58 bits per heavy atom. The summed E-state index contributed by atoms with van der Waals surface area (Å²) in [5.41, 5.74) is 6.50. The van der Waals surface area contributed by atoms with E-state index in [0.29, 0.717) is 6.54 Å². The van der Waals surface area contributed by atoms with E-state index in [4.69, 9.17) is 5.73 Å². The fraction of sp³-hybridized carbons (Fsp3) is 0.500. The van der Waals surface area contributed by atoms with Crippen LogP contribution in [0.4, 0.5) is 5.95 Å². The number of carbonyl (C=O) groups excluding carboxylic acids is 1. The van der Waals surface area contributed by atoms with Gasteiger partial charge < -0.3 is 11.1 Å². The molecule has 0 radical (unpaired) electrons. The summed E-state index contributed by atoms with van der Waals surface area (Å²) in [6, 6.07) is 0. The van der Waals surface area contributed by atoms with Crippen LogP contribution in [0.3, 0.4) is 0 Å². The molecule has 3 N–H and O–H groups in total. The van der Waals surface area contributed by atoms with Crippen molar-refractivity contribution >= 4 is 23.2 Å². The predicted octanol–water partition coefficient (Wildman–Crippen LogP) is -0.231. The Hall–Kier alpha value is -2.03. The second-order valence-corrected chi connectivity index (χ2v) is 4.97. The van der Waals surface area contributed by atoms with Crippen LogP contribution in [0.25, 0.3) is 0 Å².